The average Bonchev–Trinajstić information content (AvgIpc) is 1.94. The number of hydrogen-bond donors (Lipinski definition) is 1. The smallest absolute Gasteiger partial charge is 0.0765 e. The van der Waals surface area contributed by atoms with Crippen molar-refractivity contribution in [3.05, 3.63) is 34.3 Å². The molecule has 2 heteroatoms. The molecule has 1 atom stereocenters. The van der Waals surface area contributed by atoms with Gasteiger partial charge in [0.1, 0.15) is 0 Å². The van der Waals surface area contributed by atoms with Gasteiger partial charge in [-0.15, -0.1) is 0 Å². The van der Waals surface area contributed by atoms with E-state index in [4.69, 9.17) is 11.6 Å². The van der Waals surface area contributed by atoms with Crippen molar-refractivity contribution in [3.8, 4) is 0 Å². The van der Waals surface area contributed by atoms with Gasteiger partial charge in [-0.2, -0.15) is 0 Å². The predicted octanol–water partition coefficient (Wildman–Crippen LogP) is 2.70. The first-order valence-electron chi connectivity index (χ1n) is 3.55. The largest absolute Gasteiger partial charge is 0.389 e. The predicted molar refractivity (Wildman–Crippen MR) is 46.8 cm³/mol. The van der Waals surface area contributed by atoms with Crippen LogP contribution in [0.2, 0.25) is 5.02 Å². The molecule has 0 spiro atoms. The lowest BCUT2D eigenvalue weighted by atomic mass is 10.1. The summed E-state index contributed by atoms with van der Waals surface area (Å²) in [7, 11) is 0. The number of aryl methyl sites for hydroxylation is 1. The standard InChI is InChI=1S/C9H11ClO/c1-6-3-4-8(10)5-9(6)7(2)11/h3-5,7,11H,1-2H3/t7-/m0/s1. The second kappa shape index (κ2) is 3.24. The summed E-state index contributed by atoms with van der Waals surface area (Å²) < 4.78 is 0. The van der Waals surface area contributed by atoms with Crippen LogP contribution >= 0.6 is 11.6 Å². The number of aliphatic hydroxyl groups excluding tert-OH is 1. The molecule has 0 saturated heterocycles. The van der Waals surface area contributed by atoms with E-state index in [9.17, 15) is 5.11 Å². The van der Waals surface area contributed by atoms with Crippen molar-refractivity contribution in [2.45, 2.75) is 20.0 Å². The van der Waals surface area contributed by atoms with Crippen LogP contribution < -0.4 is 0 Å². The minimum Gasteiger partial charge on any atom is -0.389 e. The van der Waals surface area contributed by atoms with E-state index in [0.717, 1.165) is 11.1 Å². The molecule has 0 heterocycles. The maximum absolute atomic E-state index is 9.27. The van der Waals surface area contributed by atoms with Crippen LogP contribution in [0, 0.1) is 6.92 Å². The zero-order chi connectivity index (χ0) is 8.43. The first-order valence-corrected chi connectivity index (χ1v) is 3.93. The highest BCUT2D eigenvalue weighted by Gasteiger charge is 2.04. The molecule has 0 saturated carbocycles. The number of aliphatic hydroxyl groups is 1. The van der Waals surface area contributed by atoms with Crippen LogP contribution in [0.25, 0.3) is 0 Å². The Labute approximate surface area is 71.6 Å². The summed E-state index contributed by atoms with van der Waals surface area (Å²) in [5.74, 6) is 0. The normalized spacial score (nSPS) is 13.1. The Morgan fingerprint density at radius 1 is 1.45 bits per heavy atom. The average molecular weight is 171 g/mol. The SMILES string of the molecule is Cc1ccc(Cl)cc1[C@H](C)O. The Balaban J connectivity index is 3.13. The van der Waals surface area contributed by atoms with Gasteiger partial charge >= 0.3 is 0 Å². The highest BCUT2D eigenvalue weighted by Crippen LogP contribution is 2.20. The molecule has 0 aliphatic carbocycles. The highest BCUT2D eigenvalue weighted by atomic mass is 35.5. The Morgan fingerprint density at radius 2 is 2.09 bits per heavy atom. The molecule has 0 amide bonds. The van der Waals surface area contributed by atoms with Crippen LogP contribution in [-0.4, -0.2) is 5.11 Å². The molecule has 1 rings (SSSR count). The van der Waals surface area contributed by atoms with Crippen LogP contribution in [-0.2, 0) is 0 Å². The van der Waals surface area contributed by atoms with Crippen LogP contribution in [0.1, 0.15) is 24.2 Å². The quantitative estimate of drug-likeness (QED) is 0.687. The van der Waals surface area contributed by atoms with Crippen molar-refractivity contribution in [1.82, 2.24) is 0 Å². The van der Waals surface area contributed by atoms with Crippen LogP contribution in [0.4, 0.5) is 0 Å². The van der Waals surface area contributed by atoms with E-state index in [0.29, 0.717) is 5.02 Å². The van der Waals surface area contributed by atoms with Crippen LogP contribution in [0.5, 0.6) is 0 Å². The van der Waals surface area contributed by atoms with E-state index < -0.39 is 6.10 Å². The van der Waals surface area contributed by atoms with Crippen molar-refractivity contribution in [1.29, 1.82) is 0 Å². The lowest BCUT2D eigenvalue weighted by Gasteiger charge is -2.08. The fourth-order valence-corrected chi connectivity index (χ4v) is 1.24. The minimum absolute atomic E-state index is 0.436. The fraction of sp³-hybridized carbons (Fsp3) is 0.333. The summed E-state index contributed by atoms with van der Waals surface area (Å²) >= 11 is 5.75. The van der Waals surface area contributed by atoms with Gasteiger partial charge in [0.25, 0.3) is 0 Å². The molecule has 1 N–H and O–H groups in total. The van der Waals surface area contributed by atoms with Crippen LogP contribution in [0.3, 0.4) is 0 Å². The van der Waals surface area contributed by atoms with Crippen molar-refractivity contribution in [2.24, 2.45) is 0 Å². The number of rotatable bonds is 1. The van der Waals surface area contributed by atoms with Crippen molar-refractivity contribution in [2.75, 3.05) is 0 Å². The first kappa shape index (κ1) is 8.57. The van der Waals surface area contributed by atoms with Gasteiger partial charge in [-0.1, -0.05) is 17.7 Å². The lowest BCUT2D eigenvalue weighted by molar-refractivity contribution is 0.198. The molecule has 0 radical (unpaired) electrons. The Kier molecular flexibility index (Phi) is 2.53. The summed E-state index contributed by atoms with van der Waals surface area (Å²) in [6, 6.07) is 5.52. The summed E-state index contributed by atoms with van der Waals surface area (Å²) in [5.41, 5.74) is 1.97. The van der Waals surface area contributed by atoms with Gasteiger partial charge in [-0.25, -0.2) is 0 Å². The molecule has 0 fully saturated rings. The number of halogens is 1. The van der Waals surface area contributed by atoms with Gasteiger partial charge < -0.3 is 5.11 Å². The number of hydrogen-bond acceptors (Lipinski definition) is 1. The maximum Gasteiger partial charge on any atom is 0.0765 e. The minimum atomic E-state index is -0.436. The summed E-state index contributed by atoms with van der Waals surface area (Å²) in [4.78, 5) is 0. The van der Waals surface area contributed by atoms with Crippen LogP contribution in [0.15, 0.2) is 18.2 Å². The Hall–Kier alpha value is -0.530. The van der Waals surface area contributed by atoms with E-state index >= 15 is 0 Å². The molecule has 0 bridgehead atoms. The monoisotopic (exact) mass is 170 g/mol. The zero-order valence-corrected chi connectivity index (χ0v) is 7.39. The van der Waals surface area contributed by atoms with Gasteiger partial charge in [-0.3, -0.25) is 0 Å². The number of benzene rings is 1. The Bertz CT molecular complexity index is 256. The van der Waals surface area contributed by atoms with Gasteiger partial charge in [0, 0.05) is 5.02 Å². The van der Waals surface area contributed by atoms with Gasteiger partial charge in [-0.05, 0) is 37.1 Å². The second-order valence-electron chi connectivity index (χ2n) is 2.68. The molecule has 0 aliphatic heterocycles. The summed E-state index contributed by atoms with van der Waals surface area (Å²) in [6.45, 7) is 3.69. The zero-order valence-electron chi connectivity index (χ0n) is 6.63. The molecule has 1 nitrogen and oxygen atoms in total. The molecule has 0 unspecified atom stereocenters. The van der Waals surface area contributed by atoms with Crippen molar-refractivity contribution >= 4 is 11.6 Å². The van der Waals surface area contributed by atoms with E-state index in [1.54, 1.807) is 13.0 Å². The van der Waals surface area contributed by atoms with Crippen molar-refractivity contribution in [3.63, 3.8) is 0 Å². The highest BCUT2D eigenvalue weighted by molar-refractivity contribution is 6.30. The van der Waals surface area contributed by atoms with Gasteiger partial charge in [0.05, 0.1) is 6.10 Å². The molecule has 0 aromatic heterocycles. The Morgan fingerprint density at radius 3 is 2.55 bits per heavy atom. The first-order chi connectivity index (χ1) is 5.11. The summed E-state index contributed by atoms with van der Waals surface area (Å²) in [6.07, 6.45) is -0.436. The third-order valence-electron chi connectivity index (χ3n) is 1.69. The van der Waals surface area contributed by atoms with E-state index in [-0.39, 0.29) is 0 Å². The third-order valence-corrected chi connectivity index (χ3v) is 1.93. The van der Waals surface area contributed by atoms with E-state index in [1.165, 1.54) is 0 Å². The van der Waals surface area contributed by atoms with E-state index in [1.807, 2.05) is 19.1 Å². The van der Waals surface area contributed by atoms with Gasteiger partial charge in [0.15, 0.2) is 0 Å². The molecule has 0 aliphatic rings. The lowest BCUT2D eigenvalue weighted by Crippen LogP contribution is -1.93. The molecular formula is C9H11ClO. The third kappa shape index (κ3) is 1.95. The second-order valence-corrected chi connectivity index (χ2v) is 3.11. The van der Waals surface area contributed by atoms with Crippen molar-refractivity contribution < 1.29 is 5.11 Å². The molecular weight excluding hydrogens is 160 g/mol. The maximum atomic E-state index is 9.27. The molecule has 1 aromatic rings. The molecule has 11 heavy (non-hydrogen) atoms. The van der Waals surface area contributed by atoms with Gasteiger partial charge in [0.2, 0.25) is 0 Å². The molecule has 60 valence electrons. The van der Waals surface area contributed by atoms with E-state index in [2.05, 4.69) is 0 Å². The fourth-order valence-electron chi connectivity index (χ4n) is 1.06. The summed E-state index contributed by atoms with van der Waals surface area (Å²) in [5, 5.41) is 9.94. The molecule has 1 aromatic carbocycles. The topological polar surface area (TPSA) is 20.2 Å².